The van der Waals surface area contributed by atoms with E-state index in [4.69, 9.17) is 0 Å². The van der Waals surface area contributed by atoms with E-state index in [1.54, 1.807) is 0 Å². The molecule has 18 heavy (non-hydrogen) atoms. The first kappa shape index (κ1) is 12.9. The Morgan fingerprint density at radius 2 is 1.83 bits per heavy atom. The number of hydrogen-bond acceptors (Lipinski definition) is 2. The highest BCUT2D eigenvalue weighted by Gasteiger charge is 2.16. The lowest BCUT2D eigenvalue weighted by Crippen LogP contribution is -2.35. The smallest absolute Gasteiger partial charge is 0.321 e. The zero-order chi connectivity index (χ0) is 12.8. The first-order chi connectivity index (χ1) is 8.81. The number of urea groups is 1. The molecule has 0 saturated carbocycles. The van der Waals surface area contributed by atoms with E-state index in [-0.39, 0.29) is 12.6 Å². The normalized spacial score (nSPS) is 16.2. The lowest BCUT2D eigenvalue weighted by Gasteiger charge is -2.21. The van der Waals surface area contributed by atoms with Crippen molar-refractivity contribution in [2.24, 2.45) is 0 Å². The fourth-order valence-electron chi connectivity index (χ4n) is 2.25. The number of aliphatic hydroxyl groups is 1. The van der Waals surface area contributed by atoms with Gasteiger partial charge < -0.3 is 15.3 Å². The monoisotopic (exact) mass is 248 g/mol. The quantitative estimate of drug-likeness (QED) is 0.845. The van der Waals surface area contributed by atoms with E-state index in [2.05, 4.69) is 5.32 Å². The van der Waals surface area contributed by atoms with Gasteiger partial charge in [0.05, 0.1) is 6.61 Å². The van der Waals surface area contributed by atoms with Crippen LogP contribution in [0.25, 0.3) is 0 Å². The van der Waals surface area contributed by atoms with Gasteiger partial charge in [-0.1, -0.05) is 31.0 Å². The maximum Gasteiger partial charge on any atom is 0.321 e. The van der Waals surface area contributed by atoms with Crippen molar-refractivity contribution < 1.29 is 9.90 Å². The maximum absolute atomic E-state index is 12.1. The minimum Gasteiger partial charge on any atom is -0.392 e. The highest BCUT2D eigenvalue weighted by atomic mass is 16.3. The van der Waals surface area contributed by atoms with Gasteiger partial charge in [0.1, 0.15) is 0 Å². The van der Waals surface area contributed by atoms with Gasteiger partial charge in [0.15, 0.2) is 0 Å². The Kier molecular flexibility index (Phi) is 4.59. The summed E-state index contributed by atoms with van der Waals surface area (Å²) in [7, 11) is 0. The molecule has 0 atom stereocenters. The van der Waals surface area contributed by atoms with Crippen molar-refractivity contribution in [2.45, 2.75) is 32.3 Å². The fourth-order valence-corrected chi connectivity index (χ4v) is 2.25. The lowest BCUT2D eigenvalue weighted by atomic mass is 10.2. The van der Waals surface area contributed by atoms with Crippen molar-refractivity contribution in [1.82, 2.24) is 4.90 Å². The molecule has 4 heteroatoms. The molecule has 1 aromatic rings. The molecule has 0 spiro atoms. The SMILES string of the molecule is O=C(Nc1ccccc1CO)N1CCCCCC1. The van der Waals surface area contributed by atoms with Gasteiger partial charge in [-0.3, -0.25) is 0 Å². The Bertz CT molecular complexity index is 399. The average molecular weight is 248 g/mol. The van der Waals surface area contributed by atoms with Crippen LogP contribution in [0.15, 0.2) is 24.3 Å². The van der Waals surface area contributed by atoms with E-state index in [9.17, 15) is 9.90 Å². The van der Waals surface area contributed by atoms with Crippen LogP contribution in [0.4, 0.5) is 10.5 Å². The molecule has 1 fully saturated rings. The molecular formula is C14H20N2O2. The van der Waals surface area contributed by atoms with Crippen LogP contribution in [-0.2, 0) is 6.61 Å². The Balaban J connectivity index is 2.01. The Morgan fingerprint density at radius 3 is 2.50 bits per heavy atom. The number of amides is 2. The Labute approximate surface area is 108 Å². The standard InChI is InChI=1S/C14H20N2O2/c17-11-12-7-3-4-8-13(12)15-14(18)16-9-5-1-2-6-10-16/h3-4,7-8,17H,1-2,5-6,9-11H2,(H,15,18). The van der Waals surface area contributed by atoms with Gasteiger partial charge in [-0.05, 0) is 18.9 Å². The van der Waals surface area contributed by atoms with Gasteiger partial charge in [-0.2, -0.15) is 0 Å². The molecule has 0 aromatic heterocycles. The molecular weight excluding hydrogens is 228 g/mol. The first-order valence-corrected chi connectivity index (χ1v) is 6.56. The molecule has 1 aliphatic heterocycles. The lowest BCUT2D eigenvalue weighted by molar-refractivity contribution is 0.213. The highest BCUT2D eigenvalue weighted by molar-refractivity contribution is 5.90. The van der Waals surface area contributed by atoms with Crippen molar-refractivity contribution in [3.05, 3.63) is 29.8 Å². The second-order valence-corrected chi connectivity index (χ2v) is 4.65. The summed E-state index contributed by atoms with van der Waals surface area (Å²) in [5.41, 5.74) is 1.45. The molecule has 2 amide bonds. The topological polar surface area (TPSA) is 52.6 Å². The van der Waals surface area contributed by atoms with Crippen LogP contribution in [0.5, 0.6) is 0 Å². The first-order valence-electron chi connectivity index (χ1n) is 6.56. The van der Waals surface area contributed by atoms with Gasteiger partial charge in [0.25, 0.3) is 0 Å². The molecule has 0 bridgehead atoms. The zero-order valence-corrected chi connectivity index (χ0v) is 10.6. The van der Waals surface area contributed by atoms with Gasteiger partial charge in [-0.25, -0.2) is 4.79 Å². The second-order valence-electron chi connectivity index (χ2n) is 4.65. The predicted octanol–water partition coefficient (Wildman–Crippen LogP) is 2.59. The van der Waals surface area contributed by atoms with E-state index >= 15 is 0 Å². The molecule has 0 unspecified atom stereocenters. The number of benzene rings is 1. The third-order valence-corrected chi connectivity index (χ3v) is 3.32. The van der Waals surface area contributed by atoms with Gasteiger partial charge in [0, 0.05) is 24.3 Å². The summed E-state index contributed by atoms with van der Waals surface area (Å²) >= 11 is 0. The summed E-state index contributed by atoms with van der Waals surface area (Å²) in [6.45, 7) is 1.59. The number of anilines is 1. The number of para-hydroxylation sites is 1. The number of carbonyl (C=O) groups excluding carboxylic acids is 1. The number of carbonyl (C=O) groups is 1. The molecule has 98 valence electrons. The number of rotatable bonds is 2. The third kappa shape index (κ3) is 3.23. The molecule has 1 aromatic carbocycles. The van der Waals surface area contributed by atoms with E-state index in [0.29, 0.717) is 5.69 Å². The van der Waals surface area contributed by atoms with Crippen LogP contribution >= 0.6 is 0 Å². The summed E-state index contributed by atoms with van der Waals surface area (Å²) in [5, 5.41) is 12.1. The average Bonchev–Trinajstić information content (AvgIpc) is 2.68. The molecule has 0 aliphatic carbocycles. The summed E-state index contributed by atoms with van der Waals surface area (Å²) in [6.07, 6.45) is 4.57. The van der Waals surface area contributed by atoms with Crippen LogP contribution in [0.2, 0.25) is 0 Å². The number of nitrogens with zero attached hydrogens (tertiary/aromatic N) is 1. The van der Waals surface area contributed by atoms with E-state index in [1.165, 1.54) is 12.8 Å². The summed E-state index contributed by atoms with van der Waals surface area (Å²) < 4.78 is 0. The second kappa shape index (κ2) is 6.40. The van der Waals surface area contributed by atoms with E-state index < -0.39 is 0 Å². The maximum atomic E-state index is 12.1. The number of likely N-dealkylation sites (tertiary alicyclic amines) is 1. The summed E-state index contributed by atoms with van der Waals surface area (Å²) in [5.74, 6) is 0. The molecule has 4 nitrogen and oxygen atoms in total. The number of hydrogen-bond donors (Lipinski definition) is 2. The Morgan fingerprint density at radius 1 is 1.17 bits per heavy atom. The molecule has 1 aliphatic rings. The van der Waals surface area contributed by atoms with Crippen molar-refractivity contribution in [3.8, 4) is 0 Å². The third-order valence-electron chi connectivity index (χ3n) is 3.32. The fraction of sp³-hybridized carbons (Fsp3) is 0.500. The molecule has 0 radical (unpaired) electrons. The van der Waals surface area contributed by atoms with Gasteiger partial charge >= 0.3 is 6.03 Å². The van der Waals surface area contributed by atoms with Gasteiger partial charge in [-0.15, -0.1) is 0 Å². The van der Waals surface area contributed by atoms with Gasteiger partial charge in [0.2, 0.25) is 0 Å². The minimum atomic E-state index is -0.0591. The summed E-state index contributed by atoms with van der Waals surface area (Å²) in [6, 6.07) is 7.29. The van der Waals surface area contributed by atoms with Crippen LogP contribution in [0.1, 0.15) is 31.2 Å². The van der Waals surface area contributed by atoms with Crippen molar-refractivity contribution in [1.29, 1.82) is 0 Å². The molecule has 1 heterocycles. The Hall–Kier alpha value is -1.55. The van der Waals surface area contributed by atoms with Crippen LogP contribution in [0, 0.1) is 0 Å². The summed E-state index contributed by atoms with van der Waals surface area (Å²) in [4.78, 5) is 14.0. The number of aliphatic hydroxyl groups excluding tert-OH is 1. The number of nitrogens with one attached hydrogen (secondary N) is 1. The molecule has 1 saturated heterocycles. The largest absolute Gasteiger partial charge is 0.392 e. The van der Waals surface area contributed by atoms with E-state index in [1.807, 2.05) is 29.2 Å². The molecule has 2 N–H and O–H groups in total. The highest BCUT2D eigenvalue weighted by Crippen LogP contribution is 2.17. The molecule has 2 rings (SSSR count). The minimum absolute atomic E-state index is 0.0576. The van der Waals surface area contributed by atoms with Crippen LogP contribution < -0.4 is 5.32 Å². The van der Waals surface area contributed by atoms with Crippen LogP contribution in [-0.4, -0.2) is 29.1 Å². The predicted molar refractivity (Wildman–Crippen MR) is 71.4 cm³/mol. The van der Waals surface area contributed by atoms with Crippen molar-refractivity contribution >= 4 is 11.7 Å². The van der Waals surface area contributed by atoms with Crippen molar-refractivity contribution in [2.75, 3.05) is 18.4 Å². The van der Waals surface area contributed by atoms with Crippen molar-refractivity contribution in [3.63, 3.8) is 0 Å². The van der Waals surface area contributed by atoms with E-state index in [0.717, 1.165) is 31.5 Å². The van der Waals surface area contributed by atoms with Crippen LogP contribution in [0.3, 0.4) is 0 Å². The zero-order valence-electron chi connectivity index (χ0n) is 10.6.